The Bertz CT molecular complexity index is 2080. The van der Waals surface area contributed by atoms with Crippen molar-refractivity contribution in [2.75, 3.05) is 47.0 Å². The Morgan fingerprint density at radius 2 is 1.23 bits per heavy atom. The van der Waals surface area contributed by atoms with Gasteiger partial charge in [0.2, 0.25) is 5.95 Å². The number of aryl methyl sites for hydroxylation is 2. The van der Waals surface area contributed by atoms with Crippen LogP contribution < -0.4 is 20.9 Å². The molecule has 2 aromatic carbocycles. The molecule has 2 aliphatic heterocycles. The van der Waals surface area contributed by atoms with Gasteiger partial charge in [-0.1, -0.05) is 23.2 Å². The van der Waals surface area contributed by atoms with Gasteiger partial charge in [0.25, 0.3) is 0 Å². The van der Waals surface area contributed by atoms with Gasteiger partial charge in [-0.25, -0.2) is 24.2 Å². The minimum Gasteiger partial charge on any atom is -0.475 e. The number of fused-ring (bicyclic) bond motifs is 6. The van der Waals surface area contributed by atoms with Crippen LogP contribution in [0.15, 0.2) is 67.1 Å². The van der Waals surface area contributed by atoms with E-state index in [9.17, 15) is 44.3 Å². The summed E-state index contributed by atoms with van der Waals surface area (Å²) < 4.78 is 95.2. The molecular formula is C34H29Cl2F9N8O7. The number of benzene rings is 2. The number of nitrogens with one attached hydrogen (secondary N) is 3. The number of carbonyl (C=O) groups is 4. The van der Waals surface area contributed by atoms with Crippen LogP contribution in [0.2, 0.25) is 10.0 Å². The van der Waals surface area contributed by atoms with Crippen molar-refractivity contribution in [1.29, 1.82) is 0 Å². The van der Waals surface area contributed by atoms with Crippen molar-refractivity contribution in [2.45, 2.75) is 31.4 Å². The first kappa shape index (κ1) is 48.1. The van der Waals surface area contributed by atoms with Gasteiger partial charge < -0.3 is 41.1 Å². The maximum atomic E-state index is 13.3. The molecule has 0 saturated carbocycles. The van der Waals surface area contributed by atoms with Gasteiger partial charge in [0.15, 0.2) is 5.82 Å². The lowest BCUT2D eigenvalue weighted by Crippen LogP contribution is -2.50. The van der Waals surface area contributed by atoms with Crippen LogP contribution in [0, 0.1) is 0 Å². The Balaban J connectivity index is 0.000000377. The van der Waals surface area contributed by atoms with E-state index in [1.54, 1.807) is 12.4 Å². The second kappa shape index (κ2) is 20.6. The van der Waals surface area contributed by atoms with Gasteiger partial charge in [-0.3, -0.25) is 4.98 Å². The predicted octanol–water partition coefficient (Wildman–Crippen LogP) is 8.02. The first-order valence-corrected chi connectivity index (χ1v) is 17.2. The Labute approximate surface area is 341 Å². The van der Waals surface area contributed by atoms with Gasteiger partial charge >= 0.3 is 42.5 Å². The van der Waals surface area contributed by atoms with E-state index in [-0.39, 0.29) is 6.03 Å². The molecule has 2 aliphatic rings. The summed E-state index contributed by atoms with van der Waals surface area (Å²) in [6.07, 6.45) is -8.67. The summed E-state index contributed by atoms with van der Waals surface area (Å²) in [5, 5.41) is 32.1. The number of aromatic nitrogens is 3. The molecule has 15 nitrogen and oxygen atoms in total. The second-order valence-electron chi connectivity index (χ2n) is 11.9. The fourth-order valence-corrected chi connectivity index (χ4v) is 5.03. The minimum absolute atomic E-state index is 0.109. The number of anilines is 6. The molecule has 6 N–H and O–H groups in total. The van der Waals surface area contributed by atoms with Crippen molar-refractivity contribution in [3.8, 4) is 0 Å². The highest BCUT2D eigenvalue weighted by atomic mass is 35.5. The third-order valence-corrected chi connectivity index (χ3v) is 8.10. The second-order valence-corrected chi connectivity index (χ2v) is 12.7. The number of amides is 2. The van der Waals surface area contributed by atoms with Crippen LogP contribution in [0.25, 0.3) is 0 Å². The number of hydrogen-bond donors (Lipinski definition) is 6. The van der Waals surface area contributed by atoms with Crippen LogP contribution in [0.5, 0.6) is 0 Å². The monoisotopic (exact) mass is 902 g/mol. The van der Waals surface area contributed by atoms with Crippen LogP contribution in [0.4, 0.5) is 78.8 Å². The van der Waals surface area contributed by atoms with Crippen molar-refractivity contribution in [3.63, 3.8) is 0 Å². The highest BCUT2D eigenvalue weighted by molar-refractivity contribution is 6.33. The lowest BCUT2D eigenvalue weighted by Gasteiger charge is -2.36. The summed E-state index contributed by atoms with van der Waals surface area (Å²) in [5.74, 6) is -7.37. The van der Waals surface area contributed by atoms with Gasteiger partial charge in [-0.15, -0.1) is 0 Å². The number of hydrogen-bond acceptors (Lipinski definition) is 10. The van der Waals surface area contributed by atoms with E-state index in [2.05, 4.69) is 35.8 Å². The van der Waals surface area contributed by atoms with Crippen molar-refractivity contribution in [3.05, 3.63) is 88.3 Å². The Morgan fingerprint density at radius 1 is 0.683 bits per heavy atom. The lowest BCUT2D eigenvalue weighted by atomic mass is 10.0. The molecule has 0 radical (unpaired) electrons. The number of carbonyl (C=O) groups excluding carboxylic acids is 1. The maximum Gasteiger partial charge on any atom is 0.490 e. The number of alkyl halides is 9. The molecule has 0 aliphatic carbocycles. The van der Waals surface area contributed by atoms with Gasteiger partial charge in [-0.05, 0) is 72.5 Å². The van der Waals surface area contributed by atoms with Gasteiger partial charge in [-0.2, -0.15) is 44.5 Å². The summed E-state index contributed by atoms with van der Waals surface area (Å²) in [6.45, 7) is 2.76. The topological polar surface area (TPSA) is 210 Å². The summed E-state index contributed by atoms with van der Waals surface area (Å²) in [7, 11) is 0. The number of aliphatic carboxylic acids is 3. The zero-order valence-corrected chi connectivity index (χ0v) is 31.5. The Kier molecular flexibility index (Phi) is 16.5. The number of carboxylic acid groups (broad SMARTS) is 3. The van der Waals surface area contributed by atoms with Gasteiger partial charge in [0, 0.05) is 54.5 Å². The predicted molar refractivity (Wildman–Crippen MR) is 197 cm³/mol. The maximum absolute atomic E-state index is 13.3. The molecule has 324 valence electrons. The molecule has 2 aromatic heterocycles. The van der Waals surface area contributed by atoms with E-state index in [0.29, 0.717) is 41.3 Å². The molecular weight excluding hydrogens is 874 g/mol. The summed E-state index contributed by atoms with van der Waals surface area (Å²) in [5.41, 5.74) is 5.54. The summed E-state index contributed by atoms with van der Waals surface area (Å²) >= 11 is 12.4. The van der Waals surface area contributed by atoms with E-state index in [4.69, 9.17) is 52.9 Å². The van der Waals surface area contributed by atoms with Gasteiger partial charge in [0.1, 0.15) is 5.02 Å². The number of urea groups is 1. The largest absolute Gasteiger partial charge is 0.490 e. The zero-order chi connectivity index (χ0) is 45.0. The third-order valence-electron chi connectivity index (χ3n) is 7.57. The van der Waals surface area contributed by atoms with Crippen LogP contribution in [0.3, 0.4) is 0 Å². The standard InChI is InChI=1S/C28H26Cl2N8O.3C2HF3O2/c29-20-3-6-23(7-4-20)37-9-11-38(12-10-37)28(39)35-25-8-5-21-14-19(25)2-1-18-13-22(16-31-15-18)34-27-32-17-24(30)26(33-21)36-27;3*3-2(4,5)1(6)7/h3-8,13-17H,1-2,9-12H2,(H,35,39)(H2,32,33,34,36);3*(H,6,7). The van der Waals surface area contributed by atoms with Crippen LogP contribution in [-0.4, -0.2) is 104 Å². The zero-order valence-electron chi connectivity index (χ0n) is 30.0. The number of piperazine rings is 1. The van der Waals surface area contributed by atoms with E-state index < -0.39 is 36.4 Å². The van der Waals surface area contributed by atoms with Crippen LogP contribution >= 0.6 is 23.2 Å². The number of pyridine rings is 1. The summed E-state index contributed by atoms with van der Waals surface area (Å²) in [4.78, 5) is 57.2. The highest BCUT2D eigenvalue weighted by Crippen LogP contribution is 2.30. The molecule has 1 fully saturated rings. The van der Waals surface area contributed by atoms with E-state index in [1.165, 1.54) is 0 Å². The summed E-state index contributed by atoms with van der Waals surface area (Å²) in [6, 6.07) is 15.6. The molecule has 60 heavy (non-hydrogen) atoms. The van der Waals surface area contributed by atoms with E-state index in [1.807, 2.05) is 59.6 Å². The first-order valence-electron chi connectivity index (χ1n) is 16.4. The number of halogens is 11. The first-order chi connectivity index (χ1) is 27.8. The molecule has 0 atom stereocenters. The number of rotatable bonds is 2. The van der Waals surface area contributed by atoms with Crippen molar-refractivity contribution in [2.24, 2.45) is 0 Å². The minimum atomic E-state index is -5.08. The molecule has 6 bridgehead atoms. The van der Waals surface area contributed by atoms with E-state index >= 15 is 0 Å². The quantitative estimate of drug-likeness (QED) is 0.105. The van der Waals surface area contributed by atoms with Crippen molar-refractivity contribution >= 4 is 81.7 Å². The Morgan fingerprint density at radius 3 is 1.77 bits per heavy atom. The SMILES string of the molecule is O=C(Nc1ccc2cc1CCc1cncc(c1)Nc1ncc(Cl)c(n1)N2)N1CCN(c2ccc(Cl)cc2)CC1.O=C(O)C(F)(F)F.O=C(O)C(F)(F)F.O=C(O)C(F)(F)F. The smallest absolute Gasteiger partial charge is 0.475 e. The van der Waals surface area contributed by atoms with Gasteiger partial charge in [0.05, 0.1) is 18.1 Å². The third kappa shape index (κ3) is 15.5. The molecule has 4 heterocycles. The highest BCUT2D eigenvalue weighted by Gasteiger charge is 2.39. The average molecular weight is 904 g/mol. The van der Waals surface area contributed by atoms with Crippen molar-refractivity contribution in [1.82, 2.24) is 19.9 Å². The fourth-order valence-electron chi connectivity index (χ4n) is 4.77. The fraction of sp³-hybridized carbons (Fsp3) is 0.265. The van der Waals surface area contributed by atoms with Crippen molar-refractivity contribution < 1.29 is 74.0 Å². The molecule has 1 saturated heterocycles. The number of carboxylic acids is 3. The normalized spacial score (nSPS) is 13.5. The average Bonchev–Trinajstić information content (AvgIpc) is 3.16. The molecule has 0 unspecified atom stereocenters. The molecule has 6 rings (SSSR count). The Hall–Kier alpha value is -6.30. The molecule has 26 heteroatoms. The van der Waals surface area contributed by atoms with Crippen LogP contribution in [0.1, 0.15) is 11.1 Å². The number of nitrogens with zero attached hydrogens (tertiary/aromatic N) is 5. The lowest BCUT2D eigenvalue weighted by molar-refractivity contribution is -0.193. The molecule has 4 aromatic rings. The van der Waals surface area contributed by atoms with Crippen LogP contribution in [-0.2, 0) is 27.2 Å². The van der Waals surface area contributed by atoms with E-state index in [0.717, 1.165) is 53.4 Å². The molecule has 0 spiro atoms. The molecule has 2 amide bonds.